The van der Waals surface area contributed by atoms with Crippen molar-refractivity contribution < 1.29 is 36.3 Å². The maximum atomic E-state index is 14.1. The van der Waals surface area contributed by atoms with Crippen LogP contribution in [0, 0.1) is 17.8 Å². The molecule has 250 valence electrons. The van der Waals surface area contributed by atoms with Crippen LogP contribution < -0.4 is 10.6 Å². The van der Waals surface area contributed by atoms with Crippen molar-refractivity contribution in [3.63, 3.8) is 0 Å². The van der Waals surface area contributed by atoms with E-state index in [4.69, 9.17) is 14.8 Å². The third-order valence-electron chi connectivity index (χ3n) is 9.36. The summed E-state index contributed by atoms with van der Waals surface area (Å²) in [4.78, 5) is 39.6. The first-order chi connectivity index (χ1) is 21.9. The molecule has 2 aliphatic heterocycles. The Balaban J connectivity index is 1.35. The van der Waals surface area contributed by atoms with Crippen molar-refractivity contribution >= 4 is 17.6 Å². The van der Waals surface area contributed by atoms with Crippen LogP contribution in [-0.4, -0.2) is 78.0 Å². The molecule has 0 bridgehead atoms. The molecule has 3 aromatic rings. The summed E-state index contributed by atoms with van der Waals surface area (Å²) in [5.41, 5.74) is 1.29. The predicted octanol–water partition coefficient (Wildman–Crippen LogP) is 3.78. The van der Waals surface area contributed by atoms with Gasteiger partial charge in [0.1, 0.15) is 6.33 Å². The number of carbonyl (C=O) groups excluding carboxylic acids is 2. The summed E-state index contributed by atoms with van der Waals surface area (Å²) in [7, 11) is 0. The van der Waals surface area contributed by atoms with Gasteiger partial charge in [-0.1, -0.05) is 0 Å². The third kappa shape index (κ3) is 6.83. The summed E-state index contributed by atoms with van der Waals surface area (Å²) < 4.78 is 77.3. The van der Waals surface area contributed by atoms with E-state index in [1.807, 2.05) is 0 Å². The molecule has 2 N–H and O–H groups in total. The zero-order valence-electron chi connectivity index (χ0n) is 25.3. The molecule has 2 saturated heterocycles. The minimum Gasteiger partial charge on any atom is -0.381 e. The van der Waals surface area contributed by atoms with Crippen molar-refractivity contribution in [2.45, 2.75) is 88.9 Å². The van der Waals surface area contributed by atoms with E-state index in [1.54, 1.807) is 13.1 Å². The highest BCUT2D eigenvalue weighted by atomic mass is 19.4. The van der Waals surface area contributed by atoms with E-state index in [-0.39, 0.29) is 62.0 Å². The number of carbonyl (C=O) groups is 2. The lowest BCUT2D eigenvalue weighted by atomic mass is 9.81. The highest BCUT2D eigenvalue weighted by molar-refractivity contribution is 5.90. The number of hydrogen-bond donors (Lipinski definition) is 2. The fraction of sp³-hybridized carbons (Fsp3) is 0.690. The number of amides is 2. The molecule has 0 aromatic carbocycles. The number of nitrogens with one attached hydrogen (secondary N) is 2. The fourth-order valence-corrected chi connectivity index (χ4v) is 6.74. The minimum atomic E-state index is -4.45. The molecular weight excluding hydrogens is 617 g/mol. The number of nitrogens with zero attached hydrogens (tertiary/aromatic N) is 7. The van der Waals surface area contributed by atoms with Crippen LogP contribution in [0.2, 0.25) is 0 Å². The number of imidazole rings is 1. The van der Waals surface area contributed by atoms with Crippen molar-refractivity contribution in [1.82, 2.24) is 45.0 Å². The fourth-order valence-electron chi connectivity index (χ4n) is 6.74. The van der Waals surface area contributed by atoms with Crippen molar-refractivity contribution in [2.24, 2.45) is 17.8 Å². The molecule has 12 nitrogen and oxygen atoms in total. The number of aryl methyl sites for hydroxylation is 1. The Morgan fingerprint density at radius 2 is 1.91 bits per heavy atom. The van der Waals surface area contributed by atoms with Crippen molar-refractivity contribution in [1.29, 1.82) is 0 Å². The summed E-state index contributed by atoms with van der Waals surface area (Å²) in [5, 5.41) is 14.1. The molecule has 3 aliphatic rings. The highest BCUT2D eigenvalue weighted by Gasteiger charge is 2.45. The number of rotatable bonds is 8. The molecule has 3 unspecified atom stereocenters. The van der Waals surface area contributed by atoms with Crippen molar-refractivity contribution in [3.05, 3.63) is 35.4 Å². The second-order valence-corrected chi connectivity index (χ2v) is 12.4. The van der Waals surface area contributed by atoms with Gasteiger partial charge < -0.3 is 15.4 Å². The smallest absolute Gasteiger partial charge is 0.381 e. The molecule has 0 radical (unpaired) electrons. The molecule has 3 aromatic heterocycles. The maximum absolute atomic E-state index is 14.1. The van der Waals surface area contributed by atoms with Gasteiger partial charge in [0.2, 0.25) is 17.7 Å². The van der Waals surface area contributed by atoms with E-state index in [0.717, 1.165) is 0 Å². The Morgan fingerprint density at radius 1 is 1.17 bits per heavy atom. The topological polar surface area (TPSA) is 141 Å². The normalized spacial score (nSPS) is 23.7. The van der Waals surface area contributed by atoms with Crippen LogP contribution in [0.25, 0.3) is 5.78 Å². The predicted molar refractivity (Wildman–Crippen MR) is 151 cm³/mol. The van der Waals surface area contributed by atoms with Crippen molar-refractivity contribution in [2.75, 3.05) is 19.8 Å². The van der Waals surface area contributed by atoms with Gasteiger partial charge in [-0.15, -0.1) is 0 Å². The van der Waals surface area contributed by atoms with E-state index in [1.165, 1.54) is 15.5 Å². The molecule has 3 fully saturated rings. The average molecular weight is 654 g/mol. The van der Waals surface area contributed by atoms with Crippen LogP contribution in [0.4, 0.5) is 22.0 Å². The number of hydrogen-bond acceptors (Lipinski definition) is 8. The van der Waals surface area contributed by atoms with E-state index in [2.05, 4.69) is 25.7 Å². The monoisotopic (exact) mass is 653 g/mol. The Hall–Kier alpha value is -3.76. The quantitative estimate of drug-likeness (QED) is 0.350. The Labute approximate surface area is 260 Å². The summed E-state index contributed by atoms with van der Waals surface area (Å²) in [6.45, 7) is 2.68. The van der Waals surface area contributed by atoms with Gasteiger partial charge in [-0.25, -0.2) is 32.9 Å². The number of piperidine rings is 1. The van der Waals surface area contributed by atoms with E-state index >= 15 is 0 Å². The summed E-state index contributed by atoms with van der Waals surface area (Å²) in [6, 6.07) is -0.777. The lowest BCUT2D eigenvalue weighted by Gasteiger charge is -2.33. The minimum absolute atomic E-state index is 0.0495. The highest BCUT2D eigenvalue weighted by Crippen LogP contribution is 2.42. The molecule has 2 amide bonds. The van der Waals surface area contributed by atoms with E-state index < -0.39 is 48.3 Å². The molecule has 6 rings (SSSR count). The van der Waals surface area contributed by atoms with E-state index in [9.17, 15) is 31.5 Å². The molecule has 5 heterocycles. The maximum Gasteiger partial charge on any atom is 0.393 e. The molecular formula is C29H36F5N9O3. The van der Waals surface area contributed by atoms with Gasteiger partial charge in [0.15, 0.2) is 0 Å². The second-order valence-electron chi connectivity index (χ2n) is 12.4. The molecule has 3 atom stereocenters. The van der Waals surface area contributed by atoms with Crippen LogP contribution in [0.3, 0.4) is 0 Å². The Kier molecular flexibility index (Phi) is 8.95. The summed E-state index contributed by atoms with van der Waals surface area (Å²) in [6.07, 6.45) is -1.20. The first-order valence-corrected chi connectivity index (χ1v) is 15.7. The van der Waals surface area contributed by atoms with Crippen LogP contribution in [0.1, 0.15) is 91.5 Å². The van der Waals surface area contributed by atoms with Gasteiger partial charge in [0.25, 0.3) is 11.7 Å². The lowest BCUT2D eigenvalue weighted by molar-refractivity contribution is -0.183. The Morgan fingerprint density at radius 3 is 2.61 bits per heavy atom. The number of halogens is 5. The number of fused-ring (bicyclic) bond motifs is 1. The third-order valence-corrected chi connectivity index (χ3v) is 9.36. The lowest BCUT2D eigenvalue weighted by Crippen LogP contribution is -2.47. The van der Waals surface area contributed by atoms with Gasteiger partial charge >= 0.3 is 6.18 Å². The standard InChI is InChI=1S/C29H36F5N9O3/c1-2-42-24(36-15-37-42)26(45)39-23(16-3-7-28(30,31)8-4-16)21-14-43-27(38-21)40-22(17-5-9-46-10-6-17)20(41-43)12-18-11-19(29(32,33)34)13-35-25(18)44/h14-19,23H,2-13H2,1H3,(H,35,44)(H,39,45). The van der Waals surface area contributed by atoms with Crippen LogP contribution in [0.5, 0.6) is 0 Å². The van der Waals surface area contributed by atoms with Crippen LogP contribution >= 0.6 is 0 Å². The van der Waals surface area contributed by atoms with E-state index in [0.29, 0.717) is 49.7 Å². The van der Waals surface area contributed by atoms with Gasteiger partial charge in [-0.2, -0.15) is 23.4 Å². The molecule has 1 aliphatic carbocycles. The first kappa shape index (κ1) is 32.2. The van der Waals surface area contributed by atoms with Crippen LogP contribution in [0.15, 0.2) is 12.5 Å². The summed E-state index contributed by atoms with van der Waals surface area (Å²) >= 11 is 0. The van der Waals surface area contributed by atoms with Crippen LogP contribution in [-0.2, 0) is 22.5 Å². The molecule has 1 saturated carbocycles. The Bertz CT molecular complexity index is 1560. The number of aromatic nitrogens is 7. The summed E-state index contributed by atoms with van der Waals surface area (Å²) in [5.74, 6) is -6.63. The first-order valence-electron chi connectivity index (χ1n) is 15.7. The molecule has 17 heteroatoms. The largest absolute Gasteiger partial charge is 0.393 e. The molecule has 0 spiro atoms. The van der Waals surface area contributed by atoms with Gasteiger partial charge in [-0.05, 0) is 44.9 Å². The zero-order valence-corrected chi connectivity index (χ0v) is 25.3. The van der Waals surface area contributed by atoms with Crippen molar-refractivity contribution in [3.8, 4) is 0 Å². The van der Waals surface area contributed by atoms with Gasteiger partial charge in [0.05, 0.1) is 35.2 Å². The average Bonchev–Trinajstić information content (AvgIpc) is 3.67. The zero-order chi connectivity index (χ0) is 32.6. The van der Waals surface area contributed by atoms with Gasteiger partial charge in [-0.3, -0.25) is 9.59 Å². The number of alkyl halides is 5. The molecule has 46 heavy (non-hydrogen) atoms. The van der Waals surface area contributed by atoms with Gasteiger partial charge in [0, 0.05) is 57.4 Å². The number of ether oxygens (including phenoxy) is 1. The SMILES string of the molecule is CCn1ncnc1C(=O)NC(c1cn2nc(CC3CC(C(F)(F)F)CNC3=O)c(C3CCOCC3)nc2n1)C1CCC(F)(F)CC1. The second kappa shape index (κ2) is 12.8.